The molecule has 0 aliphatic carbocycles. The Morgan fingerprint density at radius 2 is 1.83 bits per heavy atom. The summed E-state index contributed by atoms with van der Waals surface area (Å²) >= 11 is 1.48. The largest absolute Gasteiger partial charge is 0.452 e. The summed E-state index contributed by atoms with van der Waals surface area (Å²) in [5.74, 6) is -0.655. The number of aromatic nitrogens is 1. The maximum absolute atomic E-state index is 12.4. The minimum absolute atomic E-state index is 0.184. The van der Waals surface area contributed by atoms with Crippen molar-refractivity contribution in [1.82, 2.24) is 9.47 Å². The van der Waals surface area contributed by atoms with Crippen molar-refractivity contribution >= 4 is 23.2 Å². The van der Waals surface area contributed by atoms with Crippen molar-refractivity contribution in [3.05, 3.63) is 40.5 Å². The zero-order valence-electron chi connectivity index (χ0n) is 13.8. The Kier molecular flexibility index (Phi) is 5.01. The molecule has 0 bridgehead atoms. The highest BCUT2D eigenvalue weighted by molar-refractivity contribution is 7.13. The average Bonchev–Trinajstić information content (AvgIpc) is 3.19. The first-order valence-electron chi connectivity index (χ1n) is 7.83. The van der Waals surface area contributed by atoms with Gasteiger partial charge in [0.2, 0.25) is 0 Å². The van der Waals surface area contributed by atoms with Crippen molar-refractivity contribution in [2.75, 3.05) is 32.9 Å². The molecule has 0 atom stereocenters. The van der Waals surface area contributed by atoms with Gasteiger partial charge in [-0.3, -0.25) is 4.79 Å². The lowest BCUT2D eigenvalue weighted by atomic mass is 10.3. The van der Waals surface area contributed by atoms with Crippen LogP contribution in [0.4, 0.5) is 0 Å². The second kappa shape index (κ2) is 7.19. The fourth-order valence-corrected chi connectivity index (χ4v) is 3.73. The van der Waals surface area contributed by atoms with Crippen LogP contribution in [0, 0.1) is 13.8 Å². The van der Waals surface area contributed by atoms with Gasteiger partial charge < -0.3 is 18.9 Å². The molecule has 0 saturated carbocycles. The van der Waals surface area contributed by atoms with Crippen molar-refractivity contribution in [3.8, 4) is 5.00 Å². The maximum Gasteiger partial charge on any atom is 0.341 e. The van der Waals surface area contributed by atoms with Gasteiger partial charge in [0.1, 0.15) is 5.00 Å². The number of rotatable bonds is 4. The maximum atomic E-state index is 12.4. The SMILES string of the molecule is Cc1ccc(C)n1-c1sccc1C(=O)OCC(=O)N1CCOCC1. The molecule has 0 N–H and O–H groups in total. The van der Waals surface area contributed by atoms with E-state index < -0.39 is 5.97 Å². The number of nitrogens with zero attached hydrogens (tertiary/aromatic N) is 2. The lowest BCUT2D eigenvalue weighted by Gasteiger charge is -2.26. The lowest BCUT2D eigenvalue weighted by molar-refractivity contribution is -0.138. The number of morpholine rings is 1. The average molecular weight is 348 g/mol. The first-order chi connectivity index (χ1) is 11.6. The Balaban J connectivity index is 1.68. The van der Waals surface area contributed by atoms with Crippen LogP contribution in [0.3, 0.4) is 0 Å². The number of esters is 1. The fourth-order valence-electron chi connectivity index (χ4n) is 2.73. The summed E-state index contributed by atoms with van der Waals surface area (Å²) in [5.41, 5.74) is 2.58. The van der Waals surface area contributed by atoms with Gasteiger partial charge in [-0.15, -0.1) is 11.3 Å². The third-order valence-corrected chi connectivity index (χ3v) is 4.93. The molecular formula is C17H20N2O4S. The highest BCUT2D eigenvalue weighted by Crippen LogP contribution is 2.26. The van der Waals surface area contributed by atoms with Crippen molar-refractivity contribution in [1.29, 1.82) is 0 Å². The van der Waals surface area contributed by atoms with E-state index in [2.05, 4.69) is 0 Å². The predicted molar refractivity (Wildman–Crippen MR) is 90.8 cm³/mol. The number of thiophene rings is 1. The van der Waals surface area contributed by atoms with Gasteiger partial charge in [0.15, 0.2) is 6.61 Å². The molecule has 24 heavy (non-hydrogen) atoms. The molecule has 0 radical (unpaired) electrons. The first kappa shape index (κ1) is 16.7. The quantitative estimate of drug-likeness (QED) is 0.795. The van der Waals surface area contributed by atoms with E-state index in [1.54, 1.807) is 11.0 Å². The molecule has 3 rings (SSSR count). The van der Waals surface area contributed by atoms with Gasteiger partial charge in [0, 0.05) is 24.5 Å². The Morgan fingerprint density at radius 1 is 1.17 bits per heavy atom. The van der Waals surface area contributed by atoms with Gasteiger partial charge in [-0.05, 0) is 37.4 Å². The molecule has 1 aliphatic heterocycles. The standard InChI is InChI=1S/C17H20N2O4S/c1-12-3-4-13(2)19(12)16-14(5-10-24-16)17(21)23-11-15(20)18-6-8-22-9-7-18/h3-5,10H,6-9,11H2,1-2H3. The Bertz CT molecular complexity index is 724. The van der Waals surface area contributed by atoms with Crippen LogP contribution in [0.2, 0.25) is 0 Å². The highest BCUT2D eigenvalue weighted by atomic mass is 32.1. The molecule has 6 nitrogen and oxygen atoms in total. The van der Waals surface area contributed by atoms with E-state index in [-0.39, 0.29) is 12.5 Å². The van der Waals surface area contributed by atoms with Gasteiger partial charge in [-0.1, -0.05) is 0 Å². The minimum Gasteiger partial charge on any atom is -0.452 e. The van der Waals surface area contributed by atoms with Crippen LogP contribution in [0.1, 0.15) is 21.7 Å². The van der Waals surface area contributed by atoms with Gasteiger partial charge in [0.25, 0.3) is 5.91 Å². The Morgan fingerprint density at radius 3 is 2.50 bits per heavy atom. The van der Waals surface area contributed by atoms with Crippen molar-refractivity contribution in [3.63, 3.8) is 0 Å². The van der Waals surface area contributed by atoms with Gasteiger partial charge in [-0.2, -0.15) is 0 Å². The van der Waals surface area contributed by atoms with E-state index in [9.17, 15) is 9.59 Å². The molecule has 1 aliphatic rings. The summed E-state index contributed by atoms with van der Waals surface area (Å²) in [6.07, 6.45) is 0. The summed E-state index contributed by atoms with van der Waals surface area (Å²) in [5, 5.41) is 2.67. The molecule has 0 aromatic carbocycles. The molecule has 2 aromatic heterocycles. The summed E-state index contributed by atoms with van der Waals surface area (Å²) < 4.78 is 12.5. The third-order valence-electron chi connectivity index (χ3n) is 4.03. The molecule has 2 aromatic rings. The number of aryl methyl sites for hydroxylation is 2. The molecular weight excluding hydrogens is 328 g/mol. The Labute approximate surface area is 144 Å². The van der Waals surface area contributed by atoms with E-state index in [1.807, 2.05) is 35.9 Å². The topological polar surface area (TPSA) is 60.8 Å². The van der Waals surface area contributed by atoms with Gasteiger partial charge >= 0.3 is 5.97 Å². The molecule has 1 fully saturated rings. The molecule has 128 valence electrons. The minimum atomic E-state index is -0.472. The molecule has 7 heteroatoms. The molecule has 0 unspecified atom stereocenters. The number of ether oxygens (including phenoxy) is 2. The van der Waals surface area contributed by atoms with Gasteiger partial charge in [-0.25, -0.2) is 4.79 Å². The molecule has 1 saturated heterocycles. The number of hydrogen-bond acceptors (Lipinski definition) is 5. The van der Waals surface area contributed by atoms with Crippen LogP contribution in [0.5, 0.6) is 0 Å². The zero-order chi connectivity index (χ0) is 17.1. The van der Waals surface area contributed by atoms with Crippen LogP contribution in [0.25, 0.3) is 5.00 Å². The van der Waals surface area contributed by atoms with Crippen LogP contribution >= 0.6 is 11.3 Å². The van der Waals surface area contributed by atoms with E-state index in [0.29, 0.717) is 31.9 Å². The summed E-state index contributed by atoms with van der Waals surface area (Å²) in [4.78, 5) is 26.2. The highest BCUT2D eigenvalue weighted by Gasteiger charge is 2.21. The van der Waals surface area contributed by atoms with E-state index >= 15 is 0 Å². The third kappa shape index (κ3) is 3.37. The van der Waals surface area contributed by atoms with Crippen LogP contribution < -0.4 is 0 Å². The van der Waals surface area contributed by atoms with E-state index in [0.717, 1.165) is 16.4 Å². The smallest absolute Gasteiger partial charge is 0.341 e. The summed E-state index contributed by atoms with van der Waals surface area (Å²) in [6.45, 7) is 5.89. The summed E-state index contributed by atoms with van der Waals surface area (Å²) in [7, 11) is 0. The van der Waals surface area contributed by atoms with E-state index in [1.165, 1.54) is 11.3 Å². The Hall–Kier alpha value is -2.12. The fraction of sp³-hybridized carbons (Fsp3) is 0.412. The number of carbonyl (C=O) groups is 2. The zero-order valence-corrected chi connectivity index (χ0v) is 14.6. The first-order valence-corrected chi connectivity index (χ1v) is 8.71. The number of hydrogen-bond donors (Lipinski definition) is 0. The molecule has 3 heterocycles. The second-order valence-electron chi connectivity index (χ2n) is 5.66. The normalized spacial score (nSPS) is 14.7. The predicted octanol–water partition coefficient (Wildman–Crippen LogP) is 2.17. The van der Waals surface area contributed by atoms with Crippen LogP contribution in [-0.4, -0.2) is 54.3 Å². The lowest BCUT2D eigenvalue weighted by Crippen LogP contribution is -2.42. The number of amides is 1. The van der Waals surface area contributed by atoms with Crippen molar-refractivity contribution in [2.24, 2.45) is 0 Å². The van der Waals surface area contributed by atoms with E-state index in [4.69, 9.17) is 9.47 Å². The molecule has 0 spiro atoms. The van der Waals surface area contributed by atoms with Crippen molar-refractivity contribution < 1.29 is 19.1 Å². The number of carbonyl (C=O) groups excluding carboxylic acids is 2. The summed E-state index contributed by atoms with van der Waals surface area (Å²) in [6, 6.07) is 5.75. The van der Waals surface area contributed by atoms with Crippen LogP contribution in [-0.2, 0) is 14.3 Å². The van der Waals surface area contributed by atoms with Crippen molar-refractivity contribution in [2.45, 2.75) is 13.8 Å². The molecule has 1 amide bonds. The van der Waals surface area contributed by atoms with Gasteiger partial charge in [0.05, 0.1) is 18.8 Å². The second-order valence-corrected chi connectivity index (χ2v) is 6.55. The van der Waals surface area contributed by atoms with Crippen LogP contribution in [0.15, 0.2) is 23.6 Å². The monoisotopic (exact) mass is 348 g/mol.